The van der Waals surface area contributed by atoms with Crippen molar-refractivity contribution in [2.45, 2.75) is 27.7 Å². The first-order valence-corrected chi connectivity index (χ1v) is 5.13. The van der Waals surface area contributed by atoms with Crippen LogP contribution in [0.1, 0.15) is 48.5 Å². The largest absolute Gasteiger partial charge is 0.461 e. The van der Waals surface area contributed by atoms with Crippen LogP contribution in [-0.4, -0.2) is 28.6 Å². The molecule has 16 heavy (non-hydrogen) atoms. The van der Waals surface area contributed by atoms with Gasteiger partial charge in [-0.2, -0.15) is 5.10 Å². The normalized spacial score (nSPS) is 11.2. The van der Waals surface area contributed by atoms with Gasteiger partial charge in [0.15, 0.2) is 11.5 Å². The minimum absolute atomic E-state index is 0.127. The SMILES string of the molecule is CCOC(=O)c1[nH]ncc1C(=O)C(C)(C)C. The van der Waals surface area contributed by atoms with Crippen molar-refractivity contribution in [1.82, 2.24) is 10.2 Å². The molecular weight excluding hydrogens is 208 g/mol. The van der Waals surface area contributed by atoms with Crippen LogP contribution in [0, 0.1) is 5.41 Å². The number of hydrogen-bond donors (Lipinski definition) is 1. The number of ether oxygens (including phenoxy) is 1. The fourth-order valence-electron chi connectivity index (χ4n) is 1.22. The average molecular weight is 224 g/mol. The van der Waals surface area contributed by atoms with Crippen molar-refractivity contribution in [2.75, 3.05) is 6.61 Å². The van der Waals surface area contributed by atoms with Crippen molar-refractivity contribution in [2.24, 2.45) is 5.41 Å². The standard InChI is InChI=1S/C11H16N2O3/c1-5-16-10(15)8-7(6-12-13-8)9(14)11(2,3)4/h6H,5H2,1-4H3,(H,12,13). The molecule has 0 radical (unpaired) electrons. The topological polar surface area (TPSA) is 72.1 Å². The summed E-state index contributed by atoms with van der Waals surface area (Å²) in [7, 11) is 0. The van der Waals surface area contributed by atoms with Crippen molar-refractivity contribution in [3.8, 4) is 0 Å². The first kappa shape index (κ1) is 12.4. The van der Waals surface area contributed by atoms with Crippen LogP contribution in [0.3, 0.4) is 0 Å². The second-order valence-electron chi connectivity index (χ2n) is 4.46. The van der Waals surface area contributed by atoms with E-state index < -0.39 is 11.4 Å². The van der Waals surface area contributed by atoms with Crippen LogP contribution in [0.4, 0.5) is 0 Å². The van der Waals surface area contributed by atoms with Gasteiger partial charge in [0.25, 0.3) is 0 Å². The lowest BCUT2D eigenvalue weighted by atomic mass is 9.87. The smallest absolute Gasteiger partial charge is 0.357 e. The first-order chi connectivity index (χ1) is 7.38. The van der Waals surface area contributed by atoms with E-state index in [2.05, 4.69) is 10.2 Å². The van der Waals surface area contributed by atoms with Gasteiger partial charge in [-0.15, -0.1) is 0 Å². The second-order valence-corrected chi connectivity index (χ2v) is 4.46. The molecule has 0 amide bonds. The zero-order valence-corrected chi connectivity index (χ0v) is 9.96. The maximum atomic E-state index is 12.0. The minimum atomic E-state index is -0.550. The Hall–Kier alpha value is -1.65. The van der Waals surface area contributed by atoms with Crippen molar-refractivity contribution in [3.63, 3.8) is 0 Å². The summed E-state index contributed by atoms with van der Waals surface area (Å²) in [5.41, 5.74) is -0.141. The van der Waals surface area contributed by atoms with E-state index in [1.54, 1.807) is 27.7 Å². The van der Waals surface area contributed by atoms with Gasteiger partial charge in [0.05, 0.1) is 18.4 Å². The van der Waals surface area contributed by atoms with Crippen LogP contribution in [0.15, 0.2) is 6.20 Å². The third-order valence-corrected chi connectivity index (χ3v) is 2.04. The quantitative estimate of drug-likeness (QED) is 0.627. The van der Waals surface area contributed by atoms with Gasteiger partial charge < -0.3 is 4.74 Å². The van der Waals surface area contributed by atoms with Crippen molar-refractivity contribution in [1.29, 1.82) is 0 Å². The molecule has 0 aliphatic heterocycles. The first-order valence-electron chi connectivity index (χ1n) is 5.13. The van der Waals surface area contributed by atoms with Gasteiger partial charge in [0, 0.05) is 5.41 Å². The maximum absolute atomic E-state index is 12.0. The molecule has 1 aromatic rings. The van der Waals surface area contributed by atoms with Crippen molar-refractivity contribution in [3.05, 3.63) is 17.5 Å². The Morgan fingerprint density at radius 2 is 2.06 bits per heavy atom. The van der Waals surface area contributed by atoms with Crippen LogP contribution in [0.25, 0.3) is 0 Å². The second kappa shape index (κ2) is 4.47. The summed E-state index contributed by atoms with van der Waals surface area (Å²) in [6.07, 6.45) is 1.36. The molecule has 0 saturated heterocycles. The van der Waals surface area contributed by atoms with Crippen LogP contribution >= 0.6 is 0 Å². The molecule has 0 aliphatic carbocycles. The van der Waals surface area contributed by atoms with E-state index in [1.807, 2.05) is 0 Å². The number of aromatic amines is 1. The van der Waals surface area contributed by atoms with Crippen LogP contribution < -0.4 is 0 Å². The van der Waals surface area contributed by atoms with E-state index in [9.17, 15) is 9.59 Å². The lowest BCUT2D eigenvalue weighted by molar-refractivity contribution is 0.0514. The van der Waals surface area contributed by atoms with E-state index in [0.29, 0.717) is 0 Å². The number of ketones is 1. The van der Waals surface area contributed by atoms with Gasteiger partial charge in [-0.1, -0.05) is 20.8 Å². The number of hydrogen-bond acceptors (Lipinski definition) is 4. The van der Waals surface area contributed by atoms with Crippen LogP contribution in [0.2, 0.25) is 0 Å². The van der Waals surface area contributed by atoms with Gasteiger partial charge in [0.1, 0.15) is 0 Å². The molecule has 0 spiro atoms. The molecule has 0 fully saturated rings. The number of carbonyl (C=O) groups is 2. The summed E-state index contributed by atoms with van der Waals surface area (Å²) >= 11 is 0. The predicted octanol–water partition coefficient (Wildman–Crippen LogP) is 1.82. The minimum Gasteiger partial charge on any atom is -0.461 e. The fourth-order valence-corrected chi connectivity index (χ4v) is 1.22. The molecule has 1 rings (SSSR count). The van der Waals surface area contributed by atoms with E-state index >= 15 is 0 Å². The van der Waals surface area contributed by atoms with Crippen molar-refractivity contribution < 1.29 is 14.3 Å². The molecule has 1 aromatic heterocycles. The molecule has 0 unspecified atom stereocenters. The lowest BCUT2D eigenvalue weighted by Crippen LogP contribution is -2.22. The molecule has 88 valence electrons. The number of aromatic nitrogens is 2. The Morgan fingerprint density at radius 1 is 1.44 bits per heavy atom. The van der Waals surface area contributed by atoms with Gasteiger partial charge in [-0.3, -0.25) is 9.89 Å². The van der Waals surface area contributed by atoms with Gasteiger partial charge in [-0.05, 0) is 6.92 Å². The third-order valence-electron chi connectivity index (χ3n) is 2.04. The summed E-state index contributed by atoms with van der Waals surface area (Å²) in [4.78, 5) is 23.5. The number of carbonyl (C=O) groups excluding carboxylic acids is 2. The Bertz CT molecular complexity index is 402. The number of esters is 1. The monoisotopic (exact) mass is 224 g/mol. The predicted molar refractivity (Wildman–Crippen MR) is 58.3 cm³/mol. The molecule has 1 N–H and O–H groups in total. The molecule has 1 heterocycles. The summed E-state index contributed by atoms with van der Waals surface area (Å²) in [6.45, 7) is 7.34. The van der Waals surface area contributed by atoms with Gasteiger partial charge >= 0.3 is 5.97 Å². The van der Waals surface area contributed by atoms with E-state index in [0.717, 1.165) is 0 Å². The zero-order chi connectivity index (χ0) is 12.3. The molecule has 0 bridgehead atoms. The summed E-state index contributed by atoms with van der Waals surface area (Å²) < 4.78 is 4.83. The molecule has 5 nitrogen and oxygen atoms in total. The summed E-state index contributed by atoms with van der Waals surface area (Å²) in [5, 5.41) is 6.21. The third kappa shape index (κ3) is 2.48. The Balaban J connectivity index is 3.04. The van der Waals surface area contributed by atoms with Crippen LogP contribution in [-0.2, 0) is 4.74 Å². The highest BCUT2D eigenvalue weighted by molar-refractivity contribution is 6.07. The summed E-state index contributed by atoms with van der Waals surface area (Å²) in [6, 6.07) is 0. The lowest BCUT2D eigenvalue weighted by Gasteiger charge is -2.15. The molecule has 0 saturated carbocycles. The van der Waals surface area contributed by atoms with Crippen molar-refractivity contribution >= 4 is 11.8 Å². The molecule has 5 heteroatoms. The Kier molecular flexibility index (Phi) is 3.47. The van der Waals surface area contributed by atoms with Crippen LogP contribution in [0.5, 0.6) is 0 Å². The highest BCUT2D eigenvalue weighted by atomic mass is 16.5. The average Bonchev–Trinajstić information content (AvgIpc) is 2.63. The van der Waals surface area contributed by atoms with Gasteiger partial charge in [-0.25, -0.2) is 4.79 Å². The number of nitrogens with zero attached hydrogens (tertiary/aromatic N) is 1. The fraction of sp³-hybridized carbons (Fsp3) is 0.545. The van der Waals surface area contributed by atoms with E-state index in [1.165, 1.54) is 6.20 Å². The highest BCUT2D eigenvalue weighted by Gasteiger charge is 2.29. The molecule has 0 aliphatic rings. The number of Topliss-reactive ketones (excluding diaryl/α,β-unsaturated/α-hetero) is 1. The maximum Gasteiger partial charge on any atom is 0.357 e. The highest BCUT2D eigenvalue weighted by Crippen LogP contribution is 2.22. The molecule has 0 atom stereocenters. The number of rotatable bonds is 3. The Labute approximate surface area is 94.2 Å². The van der Waals surface area contributed by atoms with E-state index in [4.69, 9.17) is 4.74 Å². The number of nitrogens with one attached hydrogen (secondary N) is 1. The molecular formula is C11H16N2O3. The van der Waals surface area contributed by atoms with E-state index in [-0.39, 0.29) is 23.6 Å². The Morgan fingerprint density at radius 3 is 2.56 bits per heavy atom. The van der Waals surface area contributed by atoms with Gasteiger partial charge in [0.2, 0.25) is 0 Å². The number of H-pyrrole nitrogens is 1. The summed E-state index contributed by atoms with van der Waals surface area (Å²) in [5.74, 6) is -0.683. The molecule has 0 aromatic carbocycles. The zero-order valence-electron chi connectivity index (χ0n) is 9.96.